The lowest BCUT2D eigenvalue weighted by molar-refractivity contribution is -0.120. The summed E-state index contributed by atoms with van der Waals surface area (Å²) < 4.78 is 5.43. The van der Waals surface area contributed by atoms with Gasteiger partial charge in [0.2, 0.25) is 11.8 Å². The number of carbonyl (C=O) groups excluding carboxylic acids is 4. The zero-order chi connectivity index (χ0) is 25.2. The van der Waals surface area contributed by atoms with Crippen molar-refractivity contribution in [1.29, 1.82) is 0 Å². The highest BCUT2D eigenvalue weighted by Gasteiger charge is 2.42. The number of nitrogens with one attached hydrogen (secondary N) is 1. The molecule has 1 unspecified atom stereocenters. The third-order valence-corrected chi connectivity index (χ3v) is 6.52. The Labute approximate surface area is 208 Å². The van der Waals surface area contributed by atoms with Crippen molar-refractivity contribution in [3.63, 3.8) is 0 Å². The molecular formula is C28H25N3O5. The van der Waals surface area contributed by atoms with E-state index in [2.05, 4.69) is 5.32 Å². The van der Waals surface area contributed by atoms with E-state index in [1.165, 1.54) is 7.11 Å². The summed E-state index contributed by atoms with van der Waals surface area (Å²) in [5, 5.41) is 2.86. The van der Waals surface area contributed by atoms with Crippen LogP contribution in [0.1, 0.15) is 39.1 Å². The topological polar surface area (TPSA) is 96.0 Å². The van der Waals surface area contributed by atoms with Gasteiger partial charge in [-0.05, 0) is 42.3 Å². The molecule has 3 aromatic carbocycles. The molecule has 182 valence electrons. The standard InChI is InChI=1S/C28H25N3O5/c1-36-24-14-13-19(17-22(24)30-15-7-12-25(30)32)29-26(33)23(16-18-8-3-2-4-9-18)31-27(34)20-10-5-6-11-21(20)28(31)35/h2-6,8-11,13-14,17,23H,7,12,15-16H2,1H3,(H,29,33). The molecule has 1 N–H and O–H groups in total. The number of ether oxygens (including phenoxy) is 1. The lowest BCUT2D eigenvalue weighted by Crippen LogP contribution is -2.48. The number of carbonyl (C=O) groups is 4. The van der Waals surface area contributed by atoms with Gasteiger partial charge in [-0.3, -0.25) is 24.1 Å². The molecule has 3 aromatic rings. The molecule has 0 spiro atoms. The Morgan fingerprint density at radius 3 is 2.22 bits per heavy atom. The van der Waals surface area contributed by atoms with Crippen LogP contribution in [0.2, 0.25) is 0 Å². The van der Waals surface area contributed by atoms with E-state index in [1.54, 1.807) is 47.4 Å². The van der Waals surface area contributed by atoms with E-state index in [9.17, 15) is 19.2 Å². The first kappa shape index (κ1) is 23.3. The average Bonchev–Trinajstić information content (AvgIpc) is 3.44. The molecule has 2 heterocycles. The number of hydrogen-bond donors (Lipinski definition) is 1. The Balaban J connectivity index is 1.47. The van der Waals surface area contributed by atoms with Crippen molar-refractivity contribution >= 4 is 35.0 Å². The van der Waals surface area contributed by atoms with Crippen LogP contribution in [0.4, 0.5) is 11.4 Å². The van der Waals surface area contributed by atoms with Gasteiger partial charge in [0, 0.05) is 25.1 Å². The lowest BCUT2D eigenvalue weighted by Gasteiger charge is -2.26. The van der Waals surface area contributed by atoms with Crippen molar-refractivity contribution in [3.05, 3.63) is 89.5 Å². The van der Waals surface area contributed by atoms with Gasteiger partial charge in [-0.15, -0.1) is 0 Å². The molecule has 0 saturated carbocycles. The monoisotopic (exact) mass is 483 g/mol. The van der Waals surface area contributed by atoms with Crippen LogP contribution in [0.25, 0.3) is 0 Å². The fourth-order valence-electron chi connectivity index (χ4n) is 4.74. The summed E-state index contributed by atoms with van der Waals surface area (Å²) in [6.07, 6.45) is 1.36. The van der Waals surface area contributed by atoms with Crippen LogP contribution >= 0.6 is 0 Å². The summed E-state index contributed by atoms with van der Waals surface area (Å²) in [7, 11) is 1.52. The van der Waals surface area contributed by atoms with Gasteiger partial charge in [-0.2, -0.15) is 0 Å². The SMILES string of the molecule is COc1ccc(NC(=O)C(Cc2ccccc2)N2C(=O)c3ccccc3C2=O)cc1N1CCCC1=O. The smallest absolute Gasteiger partial charge is 0.262 e. The number of hydrogen-bond acceptors (Lipinski definition) is 5. The number of nitrogens with zero attached hydrogens (tertiary/aromatic N) is 2. The number of anilines is 2. The van der Waals surface area contributed by atoms with E-state index in [0.29, 0.717) is 30.1 Å². The van der Waals surface area contributed by atoms with Gasteiger partial charge in [-0.1, -0.05) is 42.5 Å². The zero-order valence-electron chi connectivity index (χ0n) is 19.8. The Kier molecular flexibility index (Phi) is 6.25. The first-order chi connectivity index (χ1) is 17.5. The second-order valence-corrected chi connectivity index (χ2v) is 8.76. The number of methoxy groups -OCH3 is 1. The lowest BCUT2D eigenvalue weighted by atomic mass is 10.0. The number of amides is 4. The normalized spacial score (nSPS) is 15.8. The van der Waals surface area contributed by atoms with Crippen LogP contribution in [0.3, 0.4) is 0 Å². The predicted molar refractivity (Wildman–Crippen MR) is 134 cm³/mol. The van der Waals surface area contributed by atoms with Gasteiger partial charge in [0.1, 0.15) is 11.8 Å². The van der Waals surface area contributed by atoms with Crippen molar-refractivity contribution in [1.82, 2.24) is 4.90 Å². The quantitative estimate of drug-likeness (QED) is 0.518. The Bertz CT molecular complexity index is 1320. The van der Waals surface area contributed by atoms with Crippen LogP contribution in [0.5, 0.6) is 5.75 Å². The van der Waals surface area contributed by atoms with Gasteiger partial charge < -0.3 is 15.0 Å². The minimum absolute atomic E-state index is 0.00949. The highest BCUT2D eigenvalue weighted by atomic mass is 16.5. The van der Waals surface area contributed by atoms with Gasteiger partial charge in [-0.25, -0.2) is 0 Å². The second kappa shape index (κ2) is 9.65. The van der Waals surface area contributed by atoms with E-state index in [1.807, 2.05) is 30.3 Å². The predicted octanol–water partition coefficient (Wildman–Crippen LogP) is 3.67. The molecule has 1 saturated heterocycles. The van der Waals surface area contributed by atoms with Gasteiger partial charge in [0.25, 0.3) is 11.8 Å². The molecular weight excluding hydrogens is 458 g/mol. The maximum Gasteiger partial charge on any atom is 0.262 e. The third-order valence-electron chi connectivity index (χ3n) is 6.52. The fourth-order valence-corrected chi connectivity index (χ4v) is 4.74. The molecule has 36 heavy (non-hydrogen) atoms. The van der Waals surface area contributed by atoms with Crippen LogP contribution in [-0.2, 0) is 16.0 Å². The minimum atomic E-state index is -1.07. The van der Waals surface area contributed by atoms with E-state index in [4.69, 9.17) is 4.74 Å². The highest BCUT2D eigenvalue weighted by Crippen LogP contribution is 2.34. The Hall–Kier alpha value is -4.46. The highest BCUT2D eigenvalue weighted by molar-refractivity contribution is 6.23. The first-order valence-electron chi connectivity index (χ1n) is 11.8. The molecule has 4 amide bonds. The van der Waals surface area contributed by atoms with Crippen molar-refractivity contribution in [3.8, 4) is 5.75 Å². The summed E-state index contributed by atoms with van der Waals surface area (Å²) in [6, 6.07) is 19.8. The molecule has 1 atom stereocenters. The van der Waals surface area contributed by atoms with Gasteiger partial charge in [0.05, 0.1) is 23.9 Å². The molecule has 8 nitrogen and oxygen atoms in total. The van der Waals surface area contributed by atoms with E-state index in [0.717, 1.165) is 16.9 Å². The Morgan fingerprint density at radius 2 is 1.61 bits per heavy atom. The minimum Gasteiger partial charge on any atom is -0.495 e. The van der Waals surface area contributed by atoms with Crippen LogP contribution < -0.4 is 15.0 Å². The van der Waals surface area contributed by atoms with Gasteiger partial charge >= 0.3 is 0 Å². The molecule has 0 aliphatic carbocycles. The number of fused-ring (bicyclic) bond motifs is 1. The summed E-state index contributed by atoms with van der Waals surface area (Å²) in [4.78, 5) is 55.1. The third kappa shape index (κ3) is 4.22. The molecule has 0 aromatic heterocycles. The zero-order valence-corrected chi connectivity index (χ0v) is 19.8. The van der Waals surface area contributed by atoms with E-state index >= 15 is 0 Å². The number of imide groups is 1. The molecule has 5 rings (SSSR count). The molecule has 0 radical (unpaired) electrons. The second-order valence-electron chi connectivity index (χ2n) is 8.76. The van der Waals surface area contributed by atoms with E-state index < -0.39 is 23.8 Å². The maximum absolute atomic E-state index is 13.6. The van der Waals surface area contributed by atoms with Crippen molar-refractivity contribution in [2.75, 3.05) is 23.9 Å². The van der Waals surface area contributed by atoms with Crippen LogP contribution in [0, 0.1) is 0 Å². The van der Waals surface area contributed by atoms with Crippen molar-refractivity contribution in [2.24, 2.45) is 0 Å². The molecule has 8 heteroatoms. The fraction of sp³-hybridized carbons (Fsp3) is 0.214. The molecule has 1 fully saturated rings. The molecule has 0 bridgehead atoms. The largest absolute Gasteiger partial charge is 0.495 e. The number of rotatable bonds is 7. The van der Waals surface area contributed by atoms with Crippen molar-refractivity contribution in [2.45, 2.75) is 25.3 Å². The van der Waals surface area contributed by atoms with Crippen LogP contribution in [-0.4, -0.2) is 48.2 Å². The maximum atomic E-state index is 13.6. The summed E-state index contributed by atoms with van der Waals surface area (Å²) in [5.74, 6) is -0.985. The summed E-state index contributed by atoms with van der Waals surface area (Å²) >= 11 is 0. The van der Waals surface area contributed by atoms with Gasteiger partial charge in [0.15, 0.2) is 0 Å². The average molecular weight is 484 g/mol. The molecule has 2 aliphatic heterocycles. The summed E-state index contributed by atoms with van der Waals surface area (Å²) in [5.41, 5.74) is 2.39. The first-order valence-corrected chi connectivity index (χ1v) is 11.8. The van der Waals surface area contributed by atoms with Crippen molar-refractivity contribution < 1.29 is 23.9 Å². The molecule has 2 aliphatic rings. The van der Waals surface area contributed by atoms with Crippen LogP contribution in [0.15, 0.2) is 72.8 Å². The summed E-state index contributed by atoms with van der Waals surface area (Å²) in [6.45, 7) is 0.568. The Morgan fingerprint density at radius 1 is 0.944 bits per heavy atom. The van der Waals surface area contributed by atoms with E-state index in [-0.39, 0.29) is 23.5 Å². The number of benzene rings is 3.